The van der Waals surface area contributed by atoms with Crippen LogP contribution in [0.5, 0.6) is 5.75 Å². The van der Waals surface area contributed by atoms with Crippen molar-refractivity contribution in [2.45, 2.75) is 5.60 Å². The lowest BCUT2D eigenvalue weighted by atomic mass is 9.86. The smallest absolute Gasteiger partial charge is 0.347 e. The van der Waals surface area contributed by atoms with Gasteiger partial charge in [0.1, 0.15) is 11.3 Å². The van der Waals surface area contributed by atoms with Gasteiger partial charge in [-0.3, -0.25) is 0 Å². The Morgan fingerprint density at radius 3 is 2.12 bits per heavy atom. The molecule has 0 saturated carbocycles. The highest BCUT2D eigenvalue weighted by atomic mass is 79.9. The van der Waals surface area contributed by atoms with E-state index in [1.807, 2.05) is 0 Å². The molecule has 128 valence electrons. The molecule has 0 aromatic heterocycles. The van der Waals surface area contributed by atoms with Crippen molar-refractivity contribution in [3.05, 3.63) is 41.0 Å². The second kappa shape index (κ2) is 7.04. The fourth-order valence-electron chi connectivity index (χ4n) is 2.46. The lowest BCUT2D eigenvalue weighted by Gasteiger charge is -2.28. The number of ether oxygens (including phenoxy) is 4. The van der Waals surface area contributed by atoms with Gasteiger partial charge in [0.15, 0.2) is 11.2 Å². The molecule has 1 unspecified atom stereocenters. The van der Waals surface area contributed by atoms with Gasteiger partial charge in [-0.15, -0.1) is 0 Å². The maximum atomic E-state index is 12.3. The van der Waals surface area contributed by atoms with E-state index in [0.717, 1.165) is 14.2 Å². The molecule has 1 aromatic rings. The van der Waals surface area contributed by atoms with E-state index in [1.54, 1.807) is 24.3 Å². The van der Waals surface area contributed by atoms with Crippen molar-refractivity contribution in [2.24, 2.45) is 0 Å². The third kappa shape index (κ3) is 2.77. The van der Waals surface area contributed by atoms with E-state index < -0.39 is 29.1 Å². The van der Waals surface area contributed by atoms with Gasteiger partial charge >= 0.3 is 17.9 Å². The average molecular weight is 399 g/mol. The summed E-state index contributed by atoms with van der Waals surface area (Å²) >= 11 is 3.27. The van der Waals surface area contributed by atoms with Crippen molar-refractivity contribution in [1.29, 1.82) is 0 Å². The van der Waals surface area contributed by atoms with E-state index in [1.165, 1.54) is 7.11 Å². The number of hydrogen-bond acceptors (Lipinski definition) is 7. The number of rotatable bonds is 5. The van der Waals surface area contributed by atoms with E-state index in [-0.39, 0.29) is 10.9 Å². The van der Waals surface area contributed by atoms with Crippen LogP contribution in [-0.4, -0.2) is 44.6 Å². The van der Waals surface area contributed by atoms with Gasteiger partial charge in [0.05, 0.1) is 26.7 Å². The topological polar surface area (TPSA) is 88.1 Å². The monoisotopic (exact) mass is 398 g/mol. The Labute approximate surface area is 146 Å². The first kappa shape index (κ1) is 18.0. The zero-order chi connectivity index (χ0) is 17.9. The molecule has 0 bridgehead atoms. The van der Waals surface area contributed by atoms with Crippen molar-refractivity contribution in [3.63, 3.8) is 0 Å². The molecule has 2 rings (SSSR count). The van der Waals surface area contributed by atoms with Gasteiger partial charge in [0, 0.05) is 5.56 Å². The van der Waals surface area contributed by atoms with Crippen LogP contribution in [0.3, 0.4) is 0 Å². The Balaban J connectivity index is 2.70. The zero-order valence-electron chi connectivity index (χ0n) is 13.3. The standard InChI is InChI=1S/C16H15BrO7/c1-21-10-6-4-9(5-7-10)16(8-17)12(15(20)23-3)11(13(18)22-2)14(19)24-16/h4-7H,8H2,1-3H3. The van der Waals surface area contributed by atoms with Crippen LogP contribution in [-0.2, 0) is 34.2 Å². The van der Waals surface area contributed by atoms with Gasteiger partial charge in [-0.2, -0.15) is 0 Å². The summed E-state index contributed by atoms with van der Waals surface area (Å²) in [6.07, 6.45) is 0. The van der Waals surface area contributed by atoms with E-state index in [9.17, 15) is 14.4 Å². The molecule has 0 fully saturated rings. The highest BCUT2D eigenvalue weighted by molar-refractivity contribution is 9.09. The molecule has 1 heterocycles. The summed E-state index contributed by atoms with van der Waals surface area (Å²) in [5.41, 5.74) is -1.70. The van der Waals surface area contributed by atoms with Crippen LogP contribution in [0.4, 0.5) is 0 Å². The van der Waals surface area contributed by atoms with E-state index in [2.05, 4.69) is 20.7 Å². The van der Waals surface area contributed by atoms with Crippen LogP contribution in [0.25, 0.3) is 0 Å². The molecule has 0 saturated heterocycles. The molecule has 0 spiro atoms. The third-order valence-corrected chi connectivity index (χ3v) is 4.44. The Morgan fingerprint density at radius 1 is 1.08 bits per heavy atom. The normalized spacial score (nSPS) is 19.8. The summed E-state index contributed by atoms with van der Waals surface area (Å²) in [5, 5.41) is 0.0446. The number of esters is 3. The Hall–Kier alpha value is -2.35. The Kier molecular flexibility index (Phi) is 5.28. The first-order chi connectivity index (χ1) is 11.4. The van der Waals surface area contributed by atoms with Gasteiger partial charge in [-0.25, -0.2) is 14.4 Å². The summed E-state index contributed by atoms with van der Waals surface area (Å²) in [6.45, 7) is 0. The number of benzene rings is 1. The summed E-state index contributed by atoms with van der Waals surface area (Å²) in [6, 6.07) is 6.57. The molecule has 8 heteroatoms. The molecule has 1 aromatic carbocycles. The number of carbonyl (C=O) groups is 3. The summed E-state index contributed by atoms with van der Waals surface area (Å²) in [5.74, 6) is -2.17. The minimum atomic E-state index is -1.50. The van der Waals surface area contributed by atoms with Crippen LogP contribution in [0.2, 0.25) is 0 Å². The average Bonchev–Trinajstić information content (AvgIpc) is 2.93. The first-order valence-corrected chi connectivity index (χ1v) is 7.92. The SMILES string of the molecule is COC(=O)C1=C(C(=O)OC)C(CBr)(c2ccc(OC)cc2)OC1=O. The Bertz CT molecular complexity index is 708. The van der Waals surface area contributed by atoms with E-state index in [4.69, 9.17) is 14.2 Å². The number of cyclic esters (lactones) is 1. The molecule has 7 nitrogen and oxygen atoms in total. The van der Waals surface area contributed by atoms with Crippen LogP contribution in [0, 0.1) is 0 Å². The maximum absolute atomic E-state index is 12.3. The number of hydrogen-bond donors (Lipinski definition) is 0. The van der Waals surface area contributed by atoms with E-state index in [0.29, 0.717) is 11.3 Å². The molecule has 0 aliphatic carbocycles. The number of carbonyl (C=O) groups excluding carboxylic acids is 3. The minimum Gasteiger partial charge on any atom is -0.497 e. The van der Waals surface area contributed by atoms with Crippen LogP contribution in [0.1, 0.15) is 5.56 Å². The highest BCUT2D eigenvalue weighted by Crippen LogP contribution is 2.44. The molecular weight excluding hydrogens is 384 g/mol. The predicted octanol–water partition coefficient (Wildman–Crippen LogP) is 1.48. The van der Waals surface area contributed by atoms with Crippen LogP contribution in [0.15, 0.2) is 35.4 Å². The minimum absolute atomic E-state index is 0.0446. The molecule has 0 N–H and O–H groups in total. The van der Waals surface area contributed by atoms with Crippen molar-refractivity contribution in [3.8, 4) is 5.75 Å². The summed E-state index contributed by atoms with van der Waals surface area (Å²) in [7, 11) is 3.78. The quantitative estimate of drug-likeness (QED) is 0.321. The second-order valence-electron chi connectivity index (χ2n) is 4.81. The van der Waals surface area contributed by atoms with Crippen molar-refractivity contribution >= 4 is 33.8 Å². The lowest BCUT2D eigenvalue weighted by molar-refractivity contribution is -0.149. The van der Waals surface area contributed by atoms with Gasteiger partial charge in [-0.05, 0) is 12.1 Å². The summed E-state index contributed by atoms with van der Waals surface area (Å²) in [4.78, 5) is 36.5. The van der Waals surface area contributed by atoms with Crippen molar-refractivity contribution in [1.82, 2.24) is 0 Å². The number of halogens is 1. The number of methoxy groups -OCH3 is 3. The fourth-order valence-corrected chi connectivity index (χ4v) is 3.17. The summed E-state index contributed by atoms with van der Waals surface area (Å²) < 4.78 is 19.9. The third-order valence-electron chi connectivity index (χ3n) is 3.65. The molecule has 1 aliphatic heterocycles. The first-order valence-electron chi connectivity index (χ1n) is 6.80. The van der Waals surface area contributed by atoms with Gasteiger partial charge in [0.25, 0.3) is 0 Å². The lowest BCUT2D eigenvalue weighted by Crippen LogP contribution is -2.35. The molecule has 0 radical (unpaired) electrons. The second-order valence-corrected chi connectivity index (χ2v) is 5.37. The van der Waals surface area contributed by atoms with Crippen LogP contribution >= 0.6 is 15.9 Å². The maximum Gasteiger partial charge on any atom is 0.347 e. The van der Waals surface area contributed by atoms with E-state index >= 15 is 0 Å². The molecule has 0 amide bonds. The zero-order valence-corrected chi connectivity index (χ0v) is 14.8. The van der Waals surface area contributed by atoms with Gasteiger partial charge < -0.3 is 18.9 Å². The number of alkyl halides is 1. The van der Waals surface area contributed by atoms with Crippen molar-refractivity contribution < 1.29 is 33.3 Å². The molecule has 1 atom stereocenters. The van der Waals surface area contributed by atoms with Crippen molar-refractivity contribution in [2.75, 3.05) is 26.7 Å². The van der Waals surface area contributed by atoms with Gasteiger partial charge in [0.2, 0.25) is 0 Å². The Morgan fingerprint density at radius 2 is 1.67 bits per heavy atom. The molecule has 1 aliphatic rings. The molecule has 24 heavy (non-hydrogen) atoms. The highest BCUT2D eigenvalue weighted by Gasteiger charge is 2.54. The van der Waals surface area contributed by atoms with Gasteiger partial charge in [-0.1, -0.05) is 28.1 Å². The largest absolute Gasteiger partial charge is 0.497 e. The molecular formula is C16H15BrO7. The predicted molar refractivity (Wildman–Crippen MR) is 85.6 cm³/mol. The van der Waals surface area contributed by atoms with Crippen LogP contribution < -0.4 is 4.74 Å². The fraction of sp³-hybridized carbons (Fsp3) is 0.312.